The minimum atomic E-state index is -0.173. The first-order valence-electron chi connectivity index (χ1n) is 9.67. The van der Waals surface area contributed by atoms with Crippen molar-refractivity contribution in [3.8, 4) is 5.88 Å². The maximum absolute atomic E-state index is 12.2. The number of likely N-dealkylation sites (tertiary alicyclic amines) is 1. The average Bonchev–Trinajstić information content (AvgIpc) is 3.24. The number of carbonyl (C=O) groups is 1. The molecule has 0 saturated carbocycles. The van der Waals surface area contributed by atoms with E-state index >= 15 is 0 Å². The number of carbonyl (C=O) groups excluding carboxylic acids is 1. The Bertz CT molecular complexity index is 949. The van der Waals surface area contributed by atoms with Crippen LogP contribution in [-0.4, -0.2) is 40.5 Å². The lowest BCUT2D eigenvalue weighted by Crippen LogP contribution is -2.28. The Morgan fingerprint density at radius 2 is 1.86 bits per heavy atom. The zero-order valence-electron chi connectivity index (χ0n) is 15.8. The number of rotatable bonds is 7. The molecule has 1 saturated heterocycles. The van der Waals surface area contributed by atoms with E-state index in [0.717, 1.165) is 23.0 Å². The van der Waals surface area contributed by atoms with Crippen molar-refractivity contribution >= 4 is 16.8 Å². The van der Waals surface area contributed by atoms with Crippen molar-refractivity contribution in [2.75, 3.05) is 19.7 Å². The van der Waals surface area contributed by atoms with Gasteiger partial charge in [-0.3, -0.25) is 9.69 Å². The van der Waals surface area contributed by atoms with E-state index in [0.29, 0.717) is 12.4 Å². The molecule has 1 fully saturated rings. The van der Waals surface area contributed by atoms with Crippen LogP contribution >= 0.6 is 0 Å². The standard InChI is InChI=1S/C22H24N4O2/c27-21(15-28-22-19-8-1-2-9-20(19)24-16-25-22)23-13-17-6-5-7-18(12-17)14-26-10-3-4-11-26/h1-2,5-9,12,16H,3-4,10-11,13-15H2,(H,23,27). The summed E-state index contributed by atoms with van der Waals surface area (Å²) in [5.41, 5.74) is 3.18. The summed E-state index contributed by atoms with van der Waals surface area (Å²) >= 11 is 0. The number of nitrogens with zero attached hydrogens (tertiary/aromatic N) is 3. The number of hydrogen-bond acceptors (Lipinski definition) is 5. The molecule has 2 aromatic carbocycles. The fourth-order valence-corrected chi connectivity index (χ4v) is 3.52. The van der Waals surface area contributed by atoms with Gasteiger partial charge in [-0.2, -0.15) is 0 Å². The molecule has 1 aliphatic heterocycles. The molecule has 3 aromatic rings. The van der Waals surface area contributed by atoms with Crippen LogP contribution in [0.4, 0.5) is 0 Å². The second-order valence-electron chi connectivity index (χ2n) is 7.06. The zero-order chi connectivity index (χ0) is 19.2. The van der Waals surface area contributed by atoms with E-state index in [2.05, 4.69) is 38.4 Å². The van der Waals surface area contributed by atoms with Crippen LogP contribution in [0.25, 0.3) is 10.9 Å². The van der Waals surface area contributed by atoms with Crippen LogP contribution in [0.5, 0.6) is 5.88 Å². The van der Waals surface area contributed by atoms with Crippen LogP contribution in [-0.2, 0) is 17.9 Å². The maximum Gasteiger partial charge on any atom is 0.258 e. The molecule has 0 atom stereocenters. The van der Waals surface area contributed by atoms with Crippen LogP contribution in [0.3, 0.4) is 0 Å². The van der Waals surface area contributed by atoms with E-state index in [1.807, 2.05) is 30.3 Å². The molecular formula is C22H24N4O2. The molecule has 6 nitrogen and oxygen atoms in total. The summed E-state index contributed by atoms with van der Waals surface area (Å²) in [5.74, 6) is 0.251. The van der Waals surface area contributed by atoms with Gasteiger partial charge in [0.1, 0.15) is 6.33 Å². The highest BCUT2D eigenvalue weighted by atomic mass is 16.5. The number of benzene rings is 2. The van der Waals surface area contributed by atoms with Gasteiger partial charge in [0.25, 0.3) is 5.91 Å². The summed E-state index contributed by atoms with van der Waals surface area (Å²) in [6.45, 7) is 3.74. The number of aromatic nitrogens is 2. The van der Waals surface area contributed by atoms with E-state index in [1.165, 1.54) is 37.8 Å². The van der Waals surface area contributed by atoms with E-state index < -0.39 is 0 Å². The third-order valence-electron chi connectivity index (χ3n) is 4.93. The van der Waals surface area contributed by atoms with Gasteiger partial charge in [0.2, 0.25) is 5.88 Å². The fourth-order valence-electron chi connectivity index (χ4n) is 3.52. The highest BCUT2D eigenvalue weighted by Crippen LogP contribution is 2.20. The van der Waals surface area contributed by atoms with E-state index in [1.54, 1.807) is 0 Å². The second kappa shape index (κ2) is 8.80. The zero-order valence-corrected chi connectivity index (χ0v) is 15.8. The average molecular weight is 376 g/mol. The van der Waals surface area contributed by atoms with Crippen LogP contribution in [0, 0.1) is 0 Å². The molecule has 1 aliphatic rings. The Morgan fingerprint density at radius 3 is 2.75 bits per heavy atom. The number of fused-ring (bicyclic) bond motifs is 1. The Labute approximate surface area is 164 Å². The summed E-state index contributed by atoms with van der Waals surface area (Å²) in [6, 6.07) is 16.0. The molecule has 0 bridgehead atoms. The molecule has 6 heteroatoms. The molecule has 0 aliphatic carbocycles. The Balaban J connectivity index is 1.29. The lowest BCUT2D eigenvalue weighted by atomic mass is 10.1. The highest BCUT2D eigenvalue weighted by molar-refractivity contribution is 5.83. The third-order valence-corrected chi connectivity index (χ3v) is 4.93. The normalized spacial score (nSPS) is 14.3. The van der Waals surface area contributed by atoms with Crippen LogP contribution in [0.1, 0.15) is 24.0 Å². The van der Waals surface area contributed by atoms with Crippen molar-refractivity contribution in [2.45, 2.75) is 25.9 Å². The van der Waals surface area contributed by atoms with Gasteiger partial charge in [0.05, 0.1) is 10.9 Å². The molecule has 1 amide bonds. The molecule has 1 aromatic heterocycles. The smallest absolute Gasteiger partial charge is 0.258 e. The van der Waals surface area contributed by atoms with Gasteiger partial charge in [-0.1, -0.05) is 36.4 Å². The molecule has 144 valence electrons. The van der Waals surface area contributed by atoms with Gasteiger partial charge in [-0.25, -0.2) is 9.97 Å². The van der Waals surface area contributed by atoms with Crippen molar-refractivity contribution in [1.29, 1.82) is 0 Å². The van der Waals surface area contributed by atoms with E-state index in [9.17, 15) is 4.79 Å². The maximum atomic E-state index is 12.2. The number of ether oxygens (including phenoxy) is 1. The Hall–Kier alpha value is -2.99. The van der Waals surface area contributed by atoms with Gasteiger partial charge in [-0.05, 0) is 49.2 Å². The highest BCUT2D eigenvalue weighted by Gasteiger charge is 2.12. The SMILES string of the molecule is O=C(COc1ncnc2ccccc12)NCc1cccc(CN2CCCC2)c1. The minimum absolute atomic E-state index is 0.0749. The fraction of sp³-hybridized carbons (Fsp3) is 0.318. The second-order valence-corrected chi connectivity index (χ2v) is 7.06. The molecule has 0 unspecified atom stereocenters. The predicted octanol–water partition coefficient (Wildman–Crippen LogP) is 2.92. The molecule has 1 N–H and O–H groups in total. The lowest BCUT2D eigenvalue weighted by Gasteiger charge is -2.15. The summed E-state index contributed by atoms with van der Waals surface area (Å²) < 4.78 is 5.61. The number of nitrogens with one attached hydrogen (secondary N) is 1. The quantitative estimate of drug-likeness (QED) is 0.687. The predicted molar refractivity (Wildman–Crippen MR) is 108 cm³/mol. The van der Waals surface area contributed by atoms with Crippen LogP contribution < -0.4 is 10.1 Å². The first-order valence-corrected chi connectivity index (χ1v) is 9.67. The van der Waals surface area contributed by atoms with Gasteiger partial charge < -0.3 is 10.1 Å². The van der Waals surface area contributed by atoms with Gasteiger partial charge in [-0.15, -0.1) is 0 Å². The van der Waals surface area contributed by atoms with Crippen molar-refractivity contribution in [3.63, 3.8) is 0 Å². The van der Waals surface area contributed by atoms with Gasteiger partial charge in [0, 0.05) is 13.1 Å². The number of amides is 1. The molecule has 2 heterocycles. The molecular weight excluding hydrogens is 352 g/mol. The summed E-state index contributed by atoms with van der Waals surface area (Å²) in [7, 11) is 0. The van der Waals surface area contributed by atoms with Gasteiger partial charge in [0.15, 0.2) is 6.61 Å². The Morgan fingerprint density at radius 1 is 1.04 bits per heavy atom. The number of hydrogen-bond donors (Lipinski definition) is 1. The van der Waals surface area contributed by atoms with Gasteiger partial charge >= 0.3 is 0 Å². The molecule has 28 heavy (non-hydrogen) atoms. The molecule has 0 spiro atoms. The first kappa shape index (κ1) is 18.4. The van der Waals surface area contributed by atoms with Crippen molar-refractivity contribution in [2.24, 2.45) is 0 Å². The summed E-state index contributed by atoms with van der Waals surface area (Å²) in [5, 5.41) is 3.72. The summed E-state index contributed by atoms with van der Waals surface area (Å²) in [4.78, 5) is 23.0. The van der Waals surface area contributed by atoms with Crippen molar-refractivity contribution in [3.05, 3.63) is 66.0 Å². The minimum Gasteiger partial charge on any atom is -0.467 e. The Kier molecular flexibility index (Phi) is 5.77. The first-order chi connectivity index (χ1) is 13.8. The third kappa shape index (κ3) is 4.64. The number of para-hydroxylation sites is 1. The van der Waals surface area contributed by atoms with Crippen LogP contribution in [0.15, 0.2) is 54.9 Å². The largest absolute Gasteiger partial charge is 0.467 e. The molecule has 0 radical (unpaired) electrons. The van der Waals surface area contributed by atoms with E-state index in [-0.39, 0.29) is 12.5 Å². The molecule has 4 rings (SSSR count). The summed E-state index contributed by atoms with van der Waals surface area (Å²) in [6.07, 6.45) is 4.02. The topological polar surface area (TPSA) is 67.3 Å². The van der Waals surface area contributed by atoms with Crippen molar-refractivity contribution in [1.82, 2.24) is 20.2 Å². The van der Waals surface area contributed by atoms with E-state index in [4.69, 9.17) is 4.74 Å². The lowest BCUT2D eigenvalue weighted by molar-refractivity contribution is -0.123. The monoisotopic (exact) mass is 376 g/mol. The van der Waals surface area contributed by atoms with Crippen molar-refractivity contribution < 1.29 is 9.53 Å². The van der Waals surface area contributed by atoms with Crippen LogP contribution in [0.2, 0.25) is 0 Å².